The normalized spacial score (nSPS) is 18.6. The Bertz CT molecular complexity index is 641. The topological polar surface area (TPSA) is 20.3 Å². The minimum absolute atomic E-state index is 0.0424. The maximum Gasteiger partial charge on any atom is 0.238 e. The van der Waals surface area contributed by atoms with Crippen LogP contribution in [0.4, 0.5) is 5.69 Å². The van der Waals surface area contributed by atoms with E-state index in [1.807, 2.05) is 47.4 Å². The van der Waals surface area contributed by atoms with Crippen LogP contribution >= 0.6 is 27.7 Å². The second-order valence-electron chi connectivity index (χ2n) is 4.78. The SMILES string of the molecule is Cc1ccc(N2C(=O)CS[C@H]2c2ccccc2Br)cc1. The van der Waals surface area contributed by atoms with E-state index in [0.717, 1.165) is 15.7 Å². The fourth-order valence-electron chi connectivity index (χ4n) is 2.31. The number of rotatable bonds is 2. The van der Waals surface area contributed by atoms with Crippen molar-refractivity contribution >= 4 is 39.3 Å². The Hall–Kier alpha value is -1.26. The molecule has 1 fully saturated rings. The first-order valence-electron chi connectivity index (χ1n) is 6.41. The summed E-state index contributed by atoms with van der Waals surface area (Å²) in [6.45, 7) is 2.05. The van der Waals surface area contributed by atoms with Crippen LogP contribution in [0.5, 0.6) is 0 Å². The molecule has 0 bridgehead atoms. The summed E-state index contributed by atoms with van der Waals surface area (Å²) in [6, 6.07) is 16.2. The highest BCUT2D eigenvalue weighted by Crippen LogP contribution is 2.43. The number of benzene rings is 2. The summed E-state index contributed by atoms with van der Waals surface area (Å²) < 4.78 is 1.05. The molecule has 0 aromatic heterocycles. The molecule has 1 heterocycles. The first kappa shape index (κ1) is 13.7. The lowest BCUT2D eigenvalue weighted by Crippen LogP contribution is -2.27. The molecule has 0 spiro atoms. The number of hydrogen-bond donors (Lipinski definition) is 0. The summed E-state index contributed by atoms with van der Waals surface area (Å²) >= 11 is 5.26. The largest absolute Gasteiger partial charge is 0.295 e. The van der Waals surface area contributed by atoms with E-state index in [1.165, 1.54) is 5.56 Å². The summed E-state index contributed by atoms with van der Waals surface area (Å²) in [5.41, 5.74) is 3.31. The van der Waals surface area contributed by atoms with Gasteiger partial charge in [-0.3, -0.25) is 9.69 Å². The molecule has 20 heavy (non-hydrogen) atoms. The zero-order valence-electron chi connectivity index (χ0n) is 11.0. The van der Waals surface area contributed by atoms with E-state index >= 15 is 0 Å². The minimum atomic E-state index is 0.0424. The van der Waals surface area contributed by atoms with Crippen molar-refractivity contribution < 1.29 is 4.79 Å². The monoisotopic (exact) mass is 347 g/mol. The summed E-state index contributed by atoms with van der Waals surface area (Å²) in [6.07, 6.45) is 0. The van der Waals surface area contributed by atoms with E-state index < -0.39 is 0 Å². The number of carbonyl (C=O) groups is 1. The van der Waals surface area contributed by atoms with Gasteiger partial charge in [-0.15, -0.1) is 11.8 Å². The van der Waals surface area contributed by atoms with E-state index in [1.54, 1.807) is 11.8 Å². The van der Waals surface area contributed by atoms with Crippen LogP contribution in [-0.2, 0) is 4.79 Å². The Kier molecular flexibility index (Phi) is 3.85. The molecule has 2 aromatic carbocycles. The molecule has 0 radical (unpaired) electrons. The van der Waals surface area contributed by atoms with E-state index in [9.17, 15) is 4.79 Å². The molecule has 2 nitrogen and oxygen atoms in total. The third-order valence-electron chi connectivity index (χ3n) is 3.35. The van der Waals surface area contributed by atoms with Crippen molar-refractivity contribution in [1.82, 2.24) is 0 Å². The van der Waals surface area contributed by atoms with Gasteiger partial charge in [-0.05, 0) is 30.7 Å². The van der Waals surface area contributed by atoms with Gasteiger partial charge >= 0.3 is 0 Å². The standard InChI is InChI=1S/C16H14BrNOS/c1-11-6-8-12(9-7-11)18-15(19)10-20-16(18)13-4-2-3-5-14(13)17/h2-9,16H,10H2,1H3/t16-/m0/s1. The van der Waals surface area contributed by atoms with Gasteiger partial charge < -0.3 is 0 Å². The van der Waals surface area contributed by atoms with Gasteiger partial charge in [-0.1, -0.05) is 51.8 Å². The lowest BCUT2D eigenvalue weighted by atomic mass is 10.1. The second-order valence-corrected chi connectivity index (χ2v) is 6.71. The van der Waals surface area contributed by atoms with E-state index in [2.05, 4.69) is 28.9 Å². The molecule has 0 unspecified atom stereocenters. The number of aryl methyl sites for hydroxylation is 1. The zero-order chi connectivity index (χ0) is 14.1. The van der Waals surface area contributed by atoms with Gasteiger partial charge in [0.2, 0.25) is 5.91 Å². The van der Waals surface area contributed by atoms with Crippen LogP contribution in [0.15, 0.2) is 53.0 Å². The molecule has 1 atom stereocenters. The van der Waals surface area contributed by atoms with Crippen LogP contribution in [0.3, 0.4) is 0 Å². The van der Waals surface area contributed by atoms with Crippen molar-refractivity contribution in [2.75, 3.05) is 10.7 Å². The van der Waals surface area contributed by atoms with Crippen LogP contribution in [-0.4, -0.2) is 11.7 Å². The lowest BCUT2D eigenvalue weighted by molar-refractivity contribution is -0.115. The lowest BCUT2D eigenvalue weighted by Gasteiger charge is -2.25. The number of carbonyl (C=O) groups excluding carboxylic acids is 1. The van der Waals surface area contributed by atoms with Crippen molar-refractivity contribution in [3.8, 4) is 0 Å². The molecule has 0 aliphatic carbocycles. The van der Waals surface area contributed by atoms with Crippen LogP contribution < -0.4 is 4.90 Å². The number of hydrogen-bond acceptors (Lipinski definition) is 2. The van der Waals surface area contributed by atoms with Gasteiger partial charge in [0.25, 0.3) is 0 Å². The first-order valence-corrected chi connectivity index (χ1v) is 8.26. The highest BCUT2D eigenvalue weighted by molar-refractivity contribution is 9.10. The Morgan fingerprint density at radius 2 is 1.85 bits per heavy atom. The summed E-state index contributed by atoms with van der Waals surface area (Å²) in [5, 5.41) is 0.0424. The van der Waals surface area contributed by atoms with E-state index in [-0.39, 0.29) is 11.3 Å². The molecule has 1 amide bonds. The molecule has 1 aliphatic heterocycles. The number of amides is 1. The van der Waals surface area contributed by atoms with Crippen LogP contribution in [0.2, 0.25) is 0 Å². The average molecular weight is 348 g/mol. The van der Waals surface area contributed by atoms with Crippen molar-refractivity contribution in [2.24, 2.45) is 0 Å². The van der Waals surface area contributed by atoms with Crippen LogP contribution in [0.25, 0.3) is 0 Å². The molecule has 0 N–H and O–H groups in total. The van der Waals surface area contributed by atoms with Crippen molar-refractivity contribution in [1.29, 1.82) is 0 Å². The van der Waals surface area contributed by atoms with Crippen molar-refractivity contribution in [2.45, 2.75) is 12.3 Å². The Morgan fingerprint density at radius 3 is 2.55 bits per heavy atom. The predicted molar refractivity (Wildman–Crippen MR) is 88.0 cm³/mol. The predicted octanol–water partition coefficient (Wildman–Crippen LogP) is 4.54. The average Bonchev–Trinajstić information content (AvgIpc) is 2.82. The Morgan fingerprint density at radius 1 is 1.15 bits per heavy atom. The van der Waals surface area contributed by atoms with Crippen molar-refractivity contribution in [3.05, 3.63) is 64.1 Å². The smallest absolute Gasteiger partial charge is 0.238 e. The van der Waals surface area contributed by atoms with Gasteiger partial charge in [0.15, 0.2) is 0 Å². The summed E-state index contributed by atoms with van der Waals surface area (Å²) in [4.78, 5) is 14.1. The first-order chi connectivity index (χ1) is 9.66. The summed E-state index contributed by atoms with van der Waals surface area (Å²) in [7, 11) is 0. The fourth-order valence-corrected chi connectivity index (χ4v) is 4.18. The zero-order valence-corrected chi connectivity index (χ0v) is 13.4. The highest BCUT2D eigenvalue weighted by Gasteiger charge is 2.34. The number of anilines is 1. The molecule has 4 heteroatoms. The second kappa shape index (κ2) is 5.62. The van der Waals surface area contributed by atoms with Gasteiger partial charge in [0.05, 0.1) is 5.75 Å². The van der Waals surface area contributed by atoms with Gasteiger partial charge in [0.1, 0.15) is 5.37 Å². The Labute approximate surface area is 131 Å². The van der Waals surface area contributed by atoms with Crippen molar-refractivity contribution in [3.63, 3.8) is 0 Å². The van der Waals surface area contributed by atoms with Gasteiger partial charge in [0, 0.05) is 10.2 Å². The third-order valence-corrected chi connectivity index (χ3v) is 5.27. The fraction of sp³-hybridized carbons (Fsp3) is 0.188. The van der Waals surface area contributed by atoms with Crippen LogP contribution in [0, 0.1) is 6.92 Å². The molecule has 1 aliphatic rings. The number of thioether (sulfide) groups is 1. The number of halogens is 1. The third kappa shape index (κ3) is 2.50. The van der Waals surface area contributed by atoms with Gasteiger partial charge in [-0.25, -0.2) is 0 Å². The van der Waals surface area contributed by atoms with Gasteiger partial charge in [-0.2, -0.15) is 0 Å². The molecule has 0 saturated carbocycles. The molecular formula is C16H14BrNOS. The minimum Gasteiger partial charge on any atom is -0.295 e. The molecule has 1 saturated heterocycles. The summed E-state index contributed by atoms with van der Waals surface area (Å²) in [5.74, 6) is 0.694. The Balaban J connectivity index is 2.01. The maximum absolute atomic E-state index is 12.2. The maximum atomic E-state index is 12.2. The molecular weight excluding hydrogens is 334 g/mol. The molecule has 3 rings (SSSR count). The van der Waals surface area contributed by atoms with Crippen LogP contribution in [0.1, 0.15) is 16.5 Å². The molecule has 2 aromatic rings. The molecule has 102 valence electrons. The van der Waals surface area contributed by atoms with E-state index in [0.29, 0.717) is 5.75 Å². The number of nitrogens with zero attached hydrogens (tertiary/aromatic N) is 1. The van der Waals surface area contributed by atoms with E-state index in [4.69, 9.17) is 0 Å². The quantitative estimate of drug-likeness (QED) is 0.794. The highest BCUT2D eigenvalue weighted by atomic mass is 79.9.